The molecule has 0 aliphatic rings. The second-order valence-corrected chi connectivity index (χ2v) is 4.31. The average molecular weight is 270 g/mol. The zero-order valence-electron chi connectivity index (χ0n) is 9.99. The van der Waals surface area contributed by atoms with E-state index in [-0.39, 0.29) is 5.56 Å². The lowest BCUT2D eigenvalue weighted by Crippen LogP contribution is -2.14. The van der Waals surface area contributed by atoms with E-state index in [1.165, 1.54) is 31.2 Å². The molecule has 0 amide bonds. The van der Waals surface area contributed by atoms with Gasteiger partial charge in [-0.1, -0.05) is 0 Å². The van der Waals surface area contributed by atoms with Crippen molar-refractivity contribution in [2.75, 3.05) is 0 Å². The van der Waals surface area contributed by atoms with Gasteiger partial charge in [0, 0.05) is 0 Å². The van der Waals surface area contributed by atoms with Gasteiger partial charge in [0.2, 0.25) is 0 Å². The third-order valence-electron chi connectivity index (χ3n) is 1.91. The summed E-state index contributed by atoms with van der Waals surface area (Å²) in [5.41, 5.74) is 0.0493. The Kier molecular flexibility index (Phi) is 5.18. The zero-order chi connectivity index (χ0) is 13.7. The normalized spacial score (nSPS) is 13.6. The van der Waals surface area contributed by atoms with Crippen LogP contribution in [0.2, 0.25) is 0 Å². The van der Waals surface area contributed by atoms with Crippen molar-refractivity contribution in [3.63, 3.8) is 0 Å². The molecule has 0 radical (unpaired) electrons. The van der Waals surface area contributed by atoms with Crippen LogP contribution in [-0.2, 0) is 9.47 Å². The molecule has 0 bridgehead atoms. The van der Waals surface area contributed by atoms with Crippen molar-refractivity contribution in [1.29, 1.82) is 0 Å². The van der Waals surface area contributed by atoms with Gasteiger partial charge in [-0.2, -0.15) is 0 Å². The number of thiol groups is 1. The van der Waals surface area contributed by atoms with E-state index >= 15 is 0 Å². The molecule has 2 unspecified atom stereocenters. The summed E-state index contributed by atoms with van der Waals surface area (Å²) in [5, 5.41) is 8.90. The maximum Gasteiger partial charge on any atom is 0.340 e. The van der Waals surface area contributed by atoms with Crippen molar-refractivity contribution in [1.82, 2.24) is 0 Å². The Morgan fingerprint density at radius 1 is 1.06 bits per heavy atom. The smallest absolute Gasteiger partial charge is 0.340 e. The quantitative estimate of drug-likeness (QED) is 0.494. The molecule has 18 heavy (non-hydrogen) atoms. The highest BCUT2D eigenvalue weighted by Gasteiger charge is 2.13. The summed E-state index contributed by atoms with van der Waals surface area (Å²) in [6.45, 7) is 2.95. The van der Waals surface area contributed by atoms with Crippen molar-refractivity contribution >= 4 is 24.6 Å². The van der Waals surface area contributed by atoms with Crippen LogP contribution in [0.3, 0.4) is 0 Å². The molecule has 6 heteroatoms. The molecule has 0 aliphatic carbocycles. The number of hydrogen-bond acceptors (Lipinski definition) is 6. The van der Waals surface area contributed by atoms with Crippen LogP contribution in [0.1, 0.15) is 34.6 Å². The van der Waals surface area contributed by atoms with E-state index in [1.54, 1.807) is 6.92 Å². The molecular formula is C12H14O5S. The summed E-state index contributed by atoms with van der Waals surface area (Å²) in [6, 6.07) is 5.73. The number of rotatable bonds is 4. The predicted octanol–water partition coefficient (Wildman–Crippen LogP) is 1.61. The Balaban J connectivity index is 2.74. The van der Waals surface area contributed by atoms with Gasteiger partial charge < -0.3 is 14.6 Å². The molecule has 0 heterocycles. The van der Waals surface area contributed by atoms with Gasteiger partial charge in [0.15, 0.2) is 6.29 Å². The molecule has 0 aliphatic heterocycles. The van der Waals surface area contributed by atoms with Crippen LogP contribution >= 0.6 is 12.6 Å². The fourth-order valence-corrected chi connectivity index (χ4v) is 1.28. The molecule has 0 saturated heterocycles. The first-order chi connectivity index (χ1) is 8.40. The number of carbonyl (C=O) groups is 2. The number of aliphatic hydroxyl groups is 1. The second-order valence-electron chi connectivity index (χ2n) is 3.59. The highest BCUT2D eigenvalue weighted by atomic mass is 32.1. The number of carbonyl (C=O) groups excluding carboxylic acids is 2. The highest BCUT2D eigenvalue weighted by molar-refractivity contribution is 7.80. The number of benzene rings is 1. The van der Waals surface area contributed by atoms with Gasteiger partial charge in [-0.3, -0.25) is 0 Å². The van der Waals surface area contributed by atoms with Crippen molar-refractivity contribution in [2.24, 2.45) is 0 Å². The van der Waals surface area contributed by atoms with Crippen LogP contribution in [0, 0.1) is 0 Å². The molecule has 1 rings (SSSR count). The lowest BCUT2D eigenvalue weighted by molar-refractivity contribution is -0.0523. The van der Waals surface area contributed by atoms with Crippen LogP contribution in [0.5, 0.6) is 0 Å². The van der Waals surface area contributed by atoms with Crippen molar-refractivity contribution in [2.45, 2.75) is 25.6 Å². The van der Waals surface area contributed by atoms with Gasteiger partial charge in [0.25, 0.3) is 0 Å². The fourth-order valence-electron chi connectivity index (χ4n) is 1.19. The number of ether oxygens (including phenoxy) is 2. The summed E-state index contributed by atoms with van der Waals surface area (Å²) < 4.78 is 9.46. The van der Waals surface area contributed by atoms with Gasteiger partial charge in [0.05, 0.1) is 11.1 Å². The Bertz CT molecular complexity index is 384. The minimum atomic E-state index is -1.17. The first kappa shape index (κ1) is 14.5. The maximum atomic E-state index is 11.5. The average Bonchev–Trinajstić information content (AvgIpc) is 2.27. The zero-order valence-corrected chi connectivity index (χ0v) is 10.9. The molecule has 0 fully saturated rings. The summed E-state index contributed by atoms with van der Waals surface area (Å²) in [7, 11) is 0. The number of hydrogen-bond donors (Lipinski definition) is 2. The van der Waals surface area contributed by atoms with Gasteiger partial charge in [-0.15, -0.1) is 12.6 Å². The number of aliphatic hydroxyl groups excluding tert-OH is 1. The van der Waals surface area contributed by atoms with Crippen LogP contribution < -0.4 is 0 Å². The molecule has 0 saturated carbocycles. The third-order valence-corrected chi connectivity index (χ3v) is 2.02. The Morgan fingerprint density at radius 2 is 1.44 bits per heavy atom. The highest BCUT2D eigenvalue weighted by Crippen LogP contribution is 2.10. The van der Waals surface area contributed by atoms with Crippen LogP contribution in [0.15, 0.2) is 24.3 Å². The van der Waals surface area contributed by atoms with Crippen LogP contribution in [0.25, 0.3) is 0 Å². The molecule has 0 spiro atoms. The Morgan fingerprint density at radius 3 is 1.78 bits per heavy atom. The lowest BCUT2D eigenvalue weighted by Gasteiger charge is -2.08. The van der Waals surface area contributed by atoms with Crippen molar-refractivity contribution in [3.05, 3.63) is 35.4 Å². The summed E-state index contributed by atoms with van der Waals surface area (Å²) in [6.07, 6.45) is -1.17. The fraction of sp³-hybridized carbons (Fsp3) is 0.333. The van der Waals surface area contributed by atoms with Gasteiger partial charge in [0.1, 0.15) is 5.44 Å². The topological polar surface area (TPSA) is 72.8 Å². The molecule has 1 aromatic rings. The minimum Gasteiger partial charge on any atom is -0.448 e. The summed E-state index contributed by atoms with van der Waals surface area (Å²) in [5.74, 6) is -1.18. The van der Waals surface area contributed by atoms with E-state index in [0.717, 1.165) is 0 Å². The molecule has 1 aromatic carbocycles. The molecule has 0 aromatic heterocycles. The maximum absolute atomic E-state index is 11.5. The van der Waals surface area contributed by atoms with E-state index in [9.17, 15) is 9.59 Å². The predicted molar refractivity (Wildman–Crippen MR) is 67.4 cm³/mol. The second kappa shape index (κ2) is 6.42. The molecular weight excluding hydrogens is 256 g/mol. The van der Waals surface area contributed by atoms with Gasteiger partial charge in [-0.05, 0) is 38.1 Å². The standard InChI is InChI=1S/C12H14O5S/c1-7(13)16-11(14)9-3-5-10(6-4-9)12(15)17-8(2)18/h3-8,13,18H,1-2H3. The Labute approximate surface area is 110 Å². The SMILES string of the molecule is CC(O)OC(=O)c1ccc(C(=O)OC(C)S)cc1. The van der Waals surface area contributed by atoms with E-state index in [1.807, 2.05) is 0 Å². The van der Waals surface area contributed by atoms with Crippen molar-refractivity contribution in [3.8, 4) is 0 Å². The molecule has 2 atom stereocenters. The van der Waals surface area contributed by atoms with Gasteiger partial charge in [-0.25, -0.2) is 9.59 Å². The first-order valence-corrected chi connectivity index (χ1v) is 5.80. The van der Waals surface area contributed by atoms with Gasteiger partial charge >= 0.3 is 11.9 Å². The van der Waals surface area contributed by atoms with E-state index < -0.39 is 23.7 Å². The molecule has 98 valence electrons. The molecule has 5 nitrogen and oxygen atoms in total. The summed E-state index contributed by atoms with van der Waals surface area (Å²) in [4.78, 5) is 22.9. The minimum absolute atomic E-state index is 0.242. The monoisotopic (exact) mass is 270 g/mol. The van der Waals surface area contributed by atoms with Crippen molar-refractivity contribution < 1.29 is 24.2 Å². The third kappa shape index (κ3) is 4.38. The van der Waals surface area contributed by atoms with Crippen LogP contribution in [-0.4, -0.2) is 28.8 Å². The van der Waals surface area contributed by atoms with E-state index in [4.69, 9.17) is 9.84 Å². The molecule has 1 N–H and O–H groups in total. The van der Waals surface area contributed by atoms with Crippen LogP contribution in [0.4, 0.5) is 0 Å². The first-order valence-electron chi connectivity index (χ1n) is 5.28. The van der Waals surface area contributed by atoms with E-state index in [2.05, 4.69) is 17.4 Å². The Hall–Kier alpha value is -1.53. The summed E-state index contributed by atoms with van der Waals surface area (Å²) >= 11 is 3.93. The van der Waals surface area contributed by atoms with E-state index in [0.29, 0.717) is 5.56 Å². The lowest BCUT2D eigenvalue weighted by atomic mass is 10.1. The largest absolute Gasteiger partial charge is 0.448 e. The number of esters is 2.